The fourth-order valence-corrected chi connectivity index (χ4v) is 3.15. The first-order valence-electron chi connectivity index (χ1n) is 9.67. The van der Waals surface area contributed by atoms with Gasteiger partial charge < -0.3 is 5.32 Å². The maximum absolute atomic E-state index is 11.9. The van der Waals surface area contributed by atoms with Crippen molar-refractivity contribution in [3.8, 4) is 17.5 Å². The Balaban J connectivity index is 1.68. The number of nitrogens with zero attached hydrogens (tertiary/aromatic N) is 4. The van der Waals surface area contributed by atoms with Crippen molar-refractivity contribution < 1.29 is 0 Å². The van der Waals surface area contributed by atoms with Crippen molar-refractivity contribution in [3.05, 3.63) is 81.6 Å². The van der Waals surface area contributed by atoms with E-state index in [4.69, 9.17) is 5.26 Å². The highest BCUT2D eigenvalue weighted by molar-refractivity contribution is 5.60. The average Bonchev–Trinajstić information content (AvgIpc) is 3.12. The number of H-pyrrole nitrogens is 1. The number of aromatic amines is 1. The molecule has 0 amide bonds. The highest BCUT2D eigenvalue weighted by Gasteiger charge is 2.15. The van der Waals surface area contributed by atoms with Crippen LogP contribution in [0.5, 0.6) is 0 Å². The van der Waals surface area contributed by atoms with Crippen LogP contribution in [0, 0.1) is 11.3 Å². The van der Waals surface area contributed by atoms with Gasteiger partial charge in [0.05, 0.1) is 11.6 Å². The maximum Gasteiger partial charge on any atom is 0.266 e. The normalized spacial score (nSPS) is 11.4. The molecular formula is C23H22N6O. The van der Waals surface area contributed by atoms with Crippen molar-refractivity contribution in [2.75, 3.05) is 5.32 Å². The van der Waals surface area contributed by atoms with Gasteiger partial charge in [0.15, 0.2) is 11.5 Å². The molecule has 0 fully saturated rings. The first kappa shape index (κ1) is 19.4. The van der Waals surface area contributed by atoms with Crippen molar-refractivity contribution in [3.63, 3.8) is 0 Å². The van der Waals surface area contributed by atoms with Crippen molar-refractivity contribution in [1.29, 1.82) is 5.26 Å². The number of nitrogens with one attached hydrogen (secondary N) is 2. The second-order valence-electron chi connectivity index (χ2n) is 8.17. The van der Waals surface area contributed by atoms with E-state index in [0.717, 1.165) is 11.1 Å². The van der Waals surface area contributed by atoms with E-state index in [1.807, 2.05) is 24.3 Å². The topological polar surface area (TPSA) is 98.9 Å². The van der Waals surface area contributed by atoms with E-state index in [1.54, 1.807) is 16.6 Å². The van der Waals surface area contributed by atoms with Gasteiger partial charge in [-0.25, -0.2) is 9.50 Å². The highest BCUT2D eigenvalue weighted by Crippen LogP contribution is 2.25. The minimum absolute atomic E-state index is 0.0606. The molecule has 0 aliphatic heterocycles. The number of benzene rings is 2. The Morgan fingerprint density at radius 1 is 1.07 bits per heavy atom. The van der Waals surface area contributed by atoms with Crippen LogP contribution in [0.15, 0.2) is 59.4 Å². The number of fused-ring (bicyclic) bond motifs is 1. The lowest BCUT2D eigenvalue weighted by atomic mass is 9.87. The largest absolute Gasteiger partial charge is 0.350 e. The third kappa shape index (κ3) is 3.94. The smallest absolute Gasteiger partial charge is 0.266 e. The molecule has 4 aromatic rings. The summed E-state index contributed by atoms with van der Waals surface area (Å²) < 4.78 is 1.54. The summed E-state index contributed by atoms with van der Waals surface area (Å²) in [4.78, 5) is 21.1. The zero-order valence-electron chi connectivity index (χ0n) is 17.1. The number of hydrogen-bond donors (Lipinski definition) is 2. The Labute approximate surface area is 174 Å². The third-order valence-electron chi connectivity index (χ3n) is 4.90. The van der Waals surface area contributed by atoms with Crippen LogP contribution in [0.4, 0.5) is 5.95 Å². The van der Waals surface area contributed by atoms with E-state index in [2.05, 4.69) is 59.4 Å². The lowest BCUT2D eigenvalue weighted by Crippen LogP contribution is -2.11. The van der Waals surface area contributed by atoms with E-state index in [9.17, 15) is 4.79 Å². The average molecular weight is 398 g/mol. The van der Waals surface area contributed by atoms with Crippen LogP contribution in [-0.2, 0) is 12.0 Å². The van der Waals surface area contributed by atoms with E-state index in [0.29, 0.717) is 29.5 Å². The van der Waals surface area contributed by atoms with E-state index < -0.39 is 0 Å². The molecule has 0 bridgehead atoms. The molecule has 2 heterocycles. The first-order valence-corrected chi connectivity index (χ1v) is 9.67. The molecule has 2 aromatic heterocycles. The number of hydrogen-bond acceptors (Lipinski definition) is 5. The standard InChI is InChI=1S/C23H22N6O/c1-23(2,3)18-10-8-17(9-11-18)21-26-19-12-20(30)28-29(19)22(27-21)25-14-16-6-4-15(13-24)5-7-16/h4-12H,14H2,1-3H3,(H,28,30)(H,25,26,27). The van der Waals surface area contributed by atoms with Gasteiger partial charge in [0.1, 0.15) is 0 Å². The summed E-state index contributed by atoms with van der Waals surface area (Å²) >= 11 is 0. The summed E-state index contributed by atoms with van der Waals surface area (Å²) in [6, 6.07) is 19.0. The molecule has 7 nitrogen and oxygen atoms in total. The predicted molar refractivity (Wildman–Crippen MR) is 116 cm³/mol. The molecule has 0 aliphatic carbocycles. The van der Waals surface area contributed by atoms with Gasteiger partial charge in [-0.1, -0.05) is 57.2 Å². The van der Waals surface area contributed by atoms with Crippen LogP contribution < -0.4 is 10.9 Å². The monoisotopic (exact) mass is 398 g/mol. The molecule has 30 heavy (non-hydrogen) atoms. The van der Waals surface area contributed by atoms with Crippen LogP contribution in [0.1, 0.15) is 37.5 Å². The second-order valence-corrected chi connectivity index (χ2v) is 8.17. The number of aromatic nitrogens is 4. The Bertz CT molecular complexity index is 1290. The molecule has 2 N–H and O–H groups in total. The molecular weight excluding hydrogens is 376 g/mol. The second kappa shape index (κ2) is 7.48. The van der Waals surface area contributed by atoms with Crippen molar-refractivity contribution in [2.45, 2.75) is 32.7 Å². The minimum atomic E-state index is -0.244. The third-order valence-corrected chi connectivity index (χ3v) is 4.90. The molecule has 0 saturated carbocycles. The Kier molecular flexibility index (Phi) is 4.84. The van der Waals surface area contributed by atoms with Crippen LogP contribution in [-0.4, -0.2) is 19.6 Å². The van der Waals surface area contributed by atoms with Gasteiger partial charge in [0.2, 0.25) is 5.95 Å². The van der Waals surface area contributed by atoms with Gasteiger partial charge in [-0.2, -0.15) is 10.2 Å². The Morgan fingerprint density at radius 3 is 2.40 bits per heavy atom. The summed E-state index contributed by atoms with van der Waals surface area (Å²) in [6.45, 7) is 6.99. The first-order chi connectivity index (χ1) is 14.3. The SMILES string of the molecule is CC(C)(C)c1ccc(-c2nc(NCc3ccc(C#N)cc3)n3[nH]c(=O)cc3n2)cc1. The highest BCUT2D eigenvalue weighted by atomic mass is 16.1. The molecule has 2 aromatic carbocycles. The zero-order valence-corrected chi connectivity index (χ0v) is 17.1. The zero-order chi connectivity index (χ0) is 21.3. The maximum atomic E-state index is 11.9. The number of rotatable bonds is 4. The summed E-state index contributed by atoms with van der Waals surface area (Å²) in [5.41, 5.74) is 4.01. The van der Waals surface area contributed by atoms with E-state index in [-0.39, 0.29) is 11.0 Å². The summed E-state index contributed by atoms with van der Waals surface area (Å²) in [5, 5.41) is 14.9. The fourth-order valence-electron chi connectivity index (χ4n) is 3.15. The Hall–Kier alpha value is -3.92. The van der Waals surface area contributed by atoms with Crippen molar-refractivity contribution >= 4 is 11.6 Å². The summed E-state index contributed by atoms with van der Waals surface area (Å²) in [6.07, 6.45) is 0. The molecule has 150 valence electrons. The van der Waals surface area contributed by atoms with Crippen molar-refractivity contribution in [2.24, 2.45) is 0 Å². The van der Waals surface area contributed by atoms with Crippen LogP contribution in [0.3, 0.4) is 0 Å². The van der Waals surface area contributed by atoms with Gasteiger partial charge in [0, 0.05) is 18.2 Å². The molecule has 0 radical (unpaired) electrons. The molecule has 0 spiro atoms. The van der Waals surface area contributed by atoms with E-state index >= 15 is 0 Å². The van der Waals surface area contributed by atoms with Gasteiger partial charge in [-0.3, -0.25) is 9.89 Å². The molecule has 7 heteroatoms. The predicted octanol–water partition coefficient (Wildman–Crippen LogP) is 3.87. The molecule has 0 atom stereocenters. The summed E-state index contributed by atoms with van der Waals surface area (Å²) in [7, 11) is 0. The van der Waals surface area contributed by atoms with Crippen LogP contribution >= 0.6 is 0 Å². The Morgan fingerprint density at radius 2 is 1.77 bits per heavy atom. The lowest BCUT2D eigenvalue weighted by Gasteiger charge is -2.19. The van der Waals surface area contributed by atoms with E-state index in [1.165, 1.54) is 11.6 Å². The fraction of sp³-hybridized carbons (Fsp3) is 0.217. The van der Waals surface area contributed by atoms with Gasteiger partial charge >= 0.3 is 0 Å². The quantitative estimate of drug-likeness (QED) is 0.544. The van der Waals surface area contributed by atoms with Crippen LogP contribution in [0.2, 0.25) is 0 Å². The summed E-state index contributed by atoms with van der Waals surface area (Å²) in [5.74, 6) is 1.03. The molecule has 0 saturated heterocycles. The van der Waals surface area contributed by atoms with Gasteiger partial charge in [-0.15, -0.1) is 0 Å². The number of nitriles is 1. The van der Waals surface area contributed by atoms with Gasteiger partial charge in [0.25, 0.3) is 5.56 Å². The molecule has 4 rings (SSSR count). The van der Waals surface area contributed by atoms with Gasteiger partial charge in [-0.05, 0) is 28.7 Å². The molecule has 0 aliphatic rings. The van der Waals surface area contributed by atoms with Crippen LogP contribution in [0.25, 0.3) is 17.0 Å². The van der Waals surface area contributed by atoms with Crippen molar-refractivity contribution in [1.82, 2.24) is 19.6 Å². The minimum Gasteiger partial charge on any atom is -0.350 e. The number of anilines is 1. The lowest BCUT2D eigenvalue weighted by molar-refractivity contribution is 0.590. The molecule has 0 unspecified atom stereocenters.